The van der Waals surface area contributed by atoms with Crippen LogP contribution >= 0.6 is 0 Å². The number of phenolic OH excluding ortho intramolecular Hbond substituents is 1. The van der Waals surface area contributed by atoms with Gasteiger partial charge >= 0.3 is 0 Å². The van der Waals surface area contributed by atoms with Crippen molar-refractivity contribution in [3.8, 4) is 17.1 Å². The maximum absolute atomic E-state index is 13.2. The molecule has 6 heteroatoms. The van der Waals surface area contributed by atoms with Gasteiger partial charge in [-0.2, -0.15) is 0 Å². The van der Waals surface area contributed by atoms with E-state index in [1.165, 1.54) is 12.1 Å². The molecule has 4 N–H and O–H groups in total. The van der Waals surface area contributed by atoms with Crippen LogP contribution in [0.2, 0.25) is 0 Å². The number of nitrogen functional groups attached to an aromatic ring is 1. The van der Waals surface area contributed by atoms with Gasteiger partial charge in [0.25, 0.3) is 0 Å². The predicted molar refractivity (Wildman–Crippen MR) is 66.3 cm³/mol. The Morgan fingerprint density at radius 2 is 2.06 bits per heavy atom. The molecule has 1 aromatic carbocycles. The Kier molecular flexibility index (Phi) is 3.38. The van der Waals surface area contributed by atoms with Gasteiger partial charge in [-0.05, 0) is 18.6 Å². The minimum Gasteiger partial charge on any atom is -0.508 e. The first-order valence-electron chi connectivity index (χ1n) is 5.47. The third-order valence-corrected chi connectivity index (χ3v) is 2.43. The summed E-state index contributed by atoms with van der Waals surface area (Å²) in [4.78, 5) is 8.40. The number of halogens is 1. The highest BCUT2D eigenvalue weighted by Gasteiger charge is 2.08. The smallest absolute Gasteiger partial charge is 0.162 e. The van der Waals surface area contributed by atoms with Gasteiger partial charge in [0.2, 0.25) is 0 Å². The molecular weight excluding hydrogens is 235 g/mol. The second-order valence-corrected chi connectivity index (χ2v) is 3.76. The Bertz CT molecular complexity index is 531. The predicted octanol–water partition coefficient (Wildman–Crippen LogP) is 1.84. The van der Waals surface area contributed by atoms with Crippen LogP contribution in [0.3, 0.4) is 0 Å². The Labute approximate surface area is 103 Å². The van der Waals surface area contributed by atoms with Gasteiger partial charge in [0.05, 0.1) is 0 Å². The van der Waals surface area contributed by atoms with Gasteiger partial charge in [0, 0.05) is 23.4 Å². The van der Waals surface area contributed by atoms with Crippen molar-refractivity contribution in [1.29, 1.82) is 0 Å². The van der Waals surface area contributed by atoms with E-state index in [0.717, 1.165) is 11.8 Å². The highest BCUT2D eigenvalue weighted by molar-refractivity contribution is 5.59. The topological polar surface area (TPSA) is 84.1 Å². The molecule has 1 heterocycles. The number of aromatic nitrogens is 2. The Morgan fingerprint density at radius 1 is 1.28 bits per heavy atom. The van der Waals surface area contributed by atoms with Gasteiger partial charge in [-0.25, -0.2) is 20.2 Å². The van der Waals surface area contributed by atoms with Crippen molar-refractivity contribution in [2.75, 3.05) is 5.43 Å². The molecule has 2 rings (SSSR count). The van der Waals surface area contributed by atoms with E-state index in [4.69, 9.17) is 5.84 Å². The number of rotatable bonds is 3. The average molecular weight is 248 g/mol. The zero-order valence-corrected chi connectivity index (χ0v) is 9.81. The first kappa shape index (κ1) is 12.3. The molecule has 5 nitrogen and oxygen atoms in total. The molecule has 0 unspecified atom stereocenters. The Hall–Kier alpha value is -2.21. The van der Waals surface area contributed by atoms with E-state index in [9.17, 15) is 9.50 Å². The van der Waals surface area contributed by atoms with Crippen LogP contribution in [0.25, 0.3) is 11.4 Å². The lowest BCUT2D eigenvalue weighted by Crippen LogP contribution is -2.10. The minimum atomic E-state index is -0.544. The van der Waals surface area contributed by atoms with Crippen LogP contribution in [-0.2, 0) is 6.42 Å². The van der Waals surface area contributed by atoms with Crippen molar-refractivity contribution < 1.29 is 9.50 Å². The maximum atomic E-state index is 13.2. The van der Waals surface area contributed by atoms with Gasteiger partial charge in [0.15, 0.2) is 5.82 Å². The number of hydrogen-bond acceptors (Lipinski definition) is 5. The molecule has 0 aliphatic carbocycles. The number of nitrogens with zero attached hydrogens (tertiary/aromatic N) is 2. The molecule has 18 heavy (non-hydrogen) atoms. The average Bonchev–Trinajstić information content (AvgIpc) is 2.37. The summed E-state index contributed by atoms with van der Waals surface area (Å²) in [5.41, 5.74) is 3.61. The van der Waals surface area contributed by atoms with Gasteiger partial charge in [0.1, 0.15) is 17.4 Å². The molecule has 2 aromatic rings. The Morgan fingerprint density at radius 3 is 2.67 bits per heavy atom. The third-order valence-electron chi connectivity index (χ3n) is 2.43. The van der Waals surface area contributed by atoms with Crippen molar-refractivity contribution >= 4 is 5.82 Å². The van der Waals surface area contributed by atoms with E-state index in [0.29, 0.717) is 23.6 Å². The van der Waals surface area contributed by atoms with Crippen LogP contribution in [0.5, 0.6) is 5.75 Å². The van der Waals surface area contributed by atoms with Crippen molar-refractivity contribution in [3.63, 3.8) is 0 Å². The summed E-state index contributed by atoms with van der Waals surface area (Å²) in [7, 11) is 0. The molecular formula is C12H13FN4O. The number of nitrogens with two attached hydrogens (primary N) is 1. The summed E-state index contributed by atoms with van der Waals surface area (Å²) in [6.45, 7) is 1.94. The monoisotopic (exact) mass is 248 g/mol. The number of nitrogens with one attached hydrogen (secondary N) is 1. The SMILES string of the molecule is CCc1cc(NN)nc(-c2cc(O)cc(F)c2)n1. The van der Waals surface area contributed by atoms with Crippen LogP contribution in [0, 0.1) is 5.82 Å². The molecule has 0 fully saturated rings. The van der Waals surface area contributed by atoms with E-state index in [-0.39, 0.29) is 5.75 Å². The van der Waals surface area contributed by atoms with E-state index in [1.54, 1.807) is 6.07 Å². The lowest BCUT2D eigenvalue weighted by Gasteiger charge is -2.07. The van der Waals surface area contributed by atoms with Gasteiger partial charge < -0.3 is 10.5 Å². The Balaban J connectivity index is 2.55. The number of aromatic hydroxyl groups is 1. The fourth-order valence-electron chi connectivity index (χ4n) is 1.58. The molecule has 0 radical (unpaired) electrons. The molecule has 0 bridgehead atoms. The zero-order chi connectivity index (χ0) is 13.1. The second-order valence-electron chi connectivity index (χ2n) is 3.76. The van der Waals surface area contributed by atoms with E-state index < -0.39 is 5.82 Å². The molecule has 0 amide bonds. The van der Waals surface area contributed by atoms with Crippen molar-refractivity contribution in [3.05, 3.63) is 35.8 Å². The summed E-state index contributed by atoms with van der Waals surface area (Å²) < 4.78 is 13.2. The number of phenols is 1. The zero-order valence-electron chi connectivity index (χ0n) is 9.81. The lowest BCUT2D eigenvalue weighted by atomic mass is 10.2. The van der Waals surface area contributed by atoms with E-state index >= 15 is 0 Å². The molecule has 0 saturated heterocycles. The van der Waals surface area contributed by atoms with Crippen LogP contribution < -0.4 is 11.3 Å². The number of aryl methyl sites for hydroxylation is 1. The fraction of sp³-hybridized carbons (Fsp3) is 0.167. The number of anilines is 1. The molecule has 0 aliphatic heterocycles. The largest absolute Gasteiger partial charge is 0.508 e. The normalized spacial score (nSPS) is 10.4. The van der Waals surface area contributed by atoms with Crippen molar-refractivity contribution in [2.24, 2.45) is 5.84 Å². The summed E-state index contributed by atoms with van der Waals surface area (Å²) in [5.74, 6) is 5.37. The number of hydrogen-bond donors (Lipinski definition) is 3. The molecule has 0 spiro atoms. The van der Waals surface area contributed by atoms with Crippen molar-refractivity contribution in [2.45, 2.75) is 13.3 Å². The summed E-state index contributed by atoms with van der Waals surface area (Å²) >= 11 is 0. The summed E-state index contributed by atoms with van der Waals surface area (Å²) in [6.07, 6.45) is 0.700. The third kappa shape index (κ3) is 2.54. The first-order valence-corrected chi connectivity index (χ1v) is 5.47. The van der Waals surface area contributed by atoms with Crippen LogP contribution in [-0.4, -0.2) is 15.1 Å². The molecule has 0 atom stereocenters. The molecule has 1 aromatic heterocycles. The standard InChI is InChI=1S/C12H13FN4O/c1-2-9-6-11(17-14)16-12(15-9)7-3-8(13)5-10(18)4-7/h3-6,18H,2,14H2,1H3,(H,15,16,17). The maximum Gasteiger partial charge on any atom is 0.162 e. The van der Waals surface area contributed by atoms with E-state index in [1.807, 2.05) is 6.92 Å². The quantitative estimate of drug-likeness (QED) is 0.570. The number of hydrazine groups is 1. The van der Waals surface area contributed by atoms with Gasteiger partial charge in [-0.1, -0.05) is 6.92 Å². The van der Waals surface area contributed by atoms with Crippen molar-refractivity contribution in [1.82, 2.24) is 9.97 Å². The lowest BCUT2D eigenvalue weighted by molar-refractivity contribution is 0.469. The first-order chi connectivity index (χ1) is 8.62. The molecule has 94 valence electrons. The van der Waals surface area contributed by atoms with Gasteiger partial charge in [-0.3, -0.25) is 0 Å². The summed E-state index contributed by atoms with van der Waals surface area (Å²) in [5, 5.41) is 9.37. The minimum absolute atomic E-state index is 0.169. The van der Waals surface area contributed by atoms with E-state index in [2.05, 4.69) is 15.4 Å². The van der Waals surface area contributed by atoms with Crippen LogP contribution in [0.1, 0.15) is 12.6 Å². The molecule has 0 saturated carbocycles. The van der Waals surface area contributed by atoms with Crippen LogP contribution in [0.4, 0.5) is 10.2 Å². The highest BCUT2D eigenvalue weighted by Crippen LogP contribution is 2.23. The highest BCUT2D eigenvalue weighted by atomic mass is 19.1. The second kappa shape index (κ2) is 4.97. The van der Waals surface area contributed by atoms with Crippen LogP contribution in [0.15, 0.2) is 24.3 Å². The summed E-state index contributed by atoms with van der Waals surface area (Å²) in [6, 6.07) is 5.39. The number of benzene rings is 1. The molecule has 0 aliphatic rings. The fourth-order valence-corrected chi connectivity index (χ4v) is 1.58. The van der Waals surface area contributed by atoms with Gasteiger partial charge in [-0.15, -0.1) is 0 Å².